The van der Waals surface area contributed by atoms with Gasteiger partial charge < -0.3 is 15.2 Å². The Kier molecular flexibility index (Phi) is 295. The third kappa shape index (κ3) is 29.7. The zero-order valence-electron chi connectivity index (χ0n) is 6.56. The minimum atomic E-state index is 0. The van der Waals surface area contributed by atoms with Crippen molar-refractivity contribution in [3.8, 4) is 0 Å². The van der Waals surface area contributed by atoms with Crippen LogP contribution in [0.4, 0.5) is 0 Å². The van der Waals surface area contributed by atoms with Crippen molar-refractivity contribution < 1.29 is 69.1 Å². The molecule has 6 heavy (non-hydrogen) atoms. The van der Waals surface area contributed by atoms with Gasteiger partial charge >= 0.3 is 91.6 Å². The predicted octanol–water partition coefficient (Wildman–Crippen LogP) is -4.81. The Balaban J connectivity index is -0.000000000238. The quantitative estimate of drug-likeness (QED) is 0.370. The van der Waals surface area contributed by atoms with Gasteiger partial charge in [-0.3, -0.25) is 0 Å². The van der Waals surface area contributed by atoms with Crippen LogP contribution in [-0.4, -0.2) is 48.7 Å². The first-order chi connectivity index (χ1) is 1.00. The first-order valence-electron chi connectivity index (χ1n) is 0.183. The normalized spacial score (nSPS) is 0.500. The van der Waals surface area contributed by atoms with E-state index in [0.717, 1.165) is 0 Å². The van der Waals surface area contributed by atoms with Crippen LogP contribution in [0.15, 0.2) is 0 Å². The summed E-state index contributed by atoms with van der Waals surface area (Å²) in [7, 11) is 0. The van der Waals surface area contributed by atoms with Gasteiger partial charge in [-0.25, -0.2) is 0 Å². The van der Waals surface area contributed by atoms with Crippen molar-refractivity contribution in [1.82, 2.24) is 0 Å². The summed E-state index contributed by atoms with van der Waals surface area (Å²) < 4.78 is 8.30. The Bertz CT molecular complexity index is 19.0. The molecule has 0 fully saturated rings. The number of rotatable bonds is 0. The van der Waals surface area contributed by atoms with E-state index in [9.17, 15) is 0 Å². The van der Waals surface area contributed by atoms with Crippen LogP contribution in [0.1, 0.15) is 4.28 Å². The van der Waals surface area contributed by atoms with Gasteiger partial charge in [0.1, 0.15) is 0 Å². The molecule has 0 amide bonds. The molecule has 0 aromatic heterocycles. The number of hydrogen-bond donors (Lipinski definition) is 0. The molecule has 0 aliphatic rings. The fourth-order valence-corrected chi connectivity index (χ4v) is 0. The molecule has 6 heteroatoms. The average molecular weight is 211 g/mol. The zero-order chi connectivity index (χ0) is 2.00. The van der Waals surface area contributed by atoms with Gasteiger partial charge in [-0.05, 0) is 0 Å². The standard InChI is InChI=1S/Ca.Na.Nb.2H2O.O.3H/h;;;2*1H2;;;;/q+2;+1;;;;;3*-1. The molecule has 0 aromatic carbocycles. The molecule has 0 atom stereocenters. The Morgan fingerprint density at radius 1 is 1.17 bits per heavy atom. The molecule has 0 rings (SSSR count). The fourth-order valence-electron chi connectivity index (χ4n) is 0. The van der Waals surface area contributed by atoms with E-state index >= 15 is 0 Å². The summed E-state index contributed by atoms with van der Waals surface area (Å²) in [6, 6.07) is 0. The Labute approximate surface area is 105 Å². The zero-order valence-corrected chi connectivity index (χ0v) is 9.97. The molecule has 0 saturated carbocycles. The first-order valence-corrected chi connectivity index (χ1v) is 1.08. The molecule has 0 unspecified atom stereocenters. The van der Waals surface area contributed by atoms with Crippen LogP contribution >= 0.6 is 0 Å². The summed E-state index contributed by atoms with van der Waals surface area (Å²) >= 11 is 0.500. The summed E-state index contributed by atoms with van der Waals surface area (Å²) in [6.45, 7) is 0. The Morgan fingerprint density at radius 3 is 1.17 bits per heavy atom. The summed E-state index contributed by atoms with van der Waals surface area (Å²) in [5.74, 6) is 0. The van der Waals surface area contributed by atoms with Crippen LogP contribution < -0.4 is 29.6 Å². The second-order valence-corrected chi connectivity index (χ2v) is 0. The topological polar surface area (TPSA) is 80.1 Å². The van der Waals surface area contributed by atoms with Crippen molar-refractivity contribution in [3.05, 3.63) is 0 Å². The van der Waals surface area contributed by atoms with E-state index in [2.05, 4.69) is 0 Å². The second-order valence-electron chi connectivity index (χ2n) is 0. The van der Waals surface area contributed by atoms with Crippen molar-refractivity contribution >= 4 is 37.7 Å². The van der Waals surface area contributed by atoms with E-state index in [-0.39, 0.29) is 82.5 Å². The Morgan fingerprint density at radius 2 is 1.17 bits per heavy atom. The van der Waals surface area contributed by atoms with Crippen molar-refractivity contribution in [2.24, 2.45) is 0 Å². The minimum absolute atomic E-state index is 0. The maximum atomic E-state index is 8.30. The van der Waals surface area contributed by atoms with Gasteiger partial charge in [0.2, 0.25) is 0 Å². The Hall–Kier alpha value is 2.72. The molecule has 0 heterocycles. The molecule has 0 bridgehead atoms. The van der Waals surface area contributed by atoms with Gasteiger partial charge in [-0.2, -0.15) is 0 Å². The molecule has 0 spiro atoms. The third-order valence-electron chi connectivity index (χ3n) is 0. The SMILES string of the molecule is O.O.[Ca+2].[H-].[H-].[H-].[Na+].[O]=[Nb]. The van der Waals surface area contributed by atoms with Crippen LogP contribution in [0.3, 0.4) is 0 Å². The fraction of sp³-hybridized carbons (Fsp3) is 0. The molecule has 33 valence electrons. The molecular weight excluding hydrogens is 204 g/mol. The third-order valence-corrected chi connectivity index (χ3v) is 0. The average Bonchev–Trinajstić information content (AvgIpc) is 1.00. The molecule has 0 aliphatic heterocycles. The van der Waals surface area contributed by atoms with E-state index in [0.29, 0.717) is 21.0 Å². The van der Waals surface area contributed by atoms with E-state index in [1.54, 1.807) is 0 Å². The molecule has 0 aromatic rings. The van der Waals surface area contributed by atoms with Crippen LogP contribution in [0.2, 0.25) is 0 Å². The molecule has 0 saturated heterocycles. The van der Waals surface area contributed by atoms with Gasteiger partial charge in [-0.15, -0.1) is 0 Å². The molecule has 3 nitrogen and oxygen atoms in total. The van der Waals surface area contributed by atoms with Gasteiger partial charge in [0.15, 0.2) is 0 Å². The van der Waals surface area contributed by atoms with Crippen LogP contribution in [-0.2, 0) is 24.3 Å². The molecule has 0 aliphatic carbocycles. The second kappa shape index (κ2) is 47.1. The summed E-state index contributed by atoms with van der Waals surface area (Å²) in [6.07, 6.45) is 0. The molecule has 4 N–H and O–H groups in total. The van der Waals surface area contributed by atoms with Crippen LogP contribution in [0.25, 0.3) is 0 Å². The molecular formula is H7CaNaNbO3. The van der Waals surface area contributed by atoms with Gasteiger partial charge in [-0.1, -0.05) is 0 Å². The van der Waals surface area contributed by atoms with E-state index in [1.165, 1.54) is 0 Å². The van der Waals surface area contributed by atoms with Crippen molar-refractivity contribution in [2.75, 3.05) is 0 Å². The first kappa shape index (κ1) is 37.6. The van der Waals surface area contributed by atoms with Gasteiger partial charge in [0, 0.05) is 0 Å². The maximum absolute atomic E-state index is 8.30. The van der Waals surface area contributed by atoms with Crippen LogP contribution in [0, 0.1) is 0 Å². The predicted molar refractivity (Wildman–Crippen MR) is 17.0 cm³/mol. The van der Waals surface area contributed by atoms with E-state index < -0.39 is 0 Å². The van der Waals surface area contributed by atoms with E-state index in [1.807, 2.05) is 0 Å². The van der Waals surface area contributed by atoms with Crippen molar-refractivity contribution in [2.45, 2.75) is 0 Å². The summed E-state index contributed by atoms with van der Waals surface area (Å²) in [4.78, 5) is 0. The summed E-state index contributed by atoms with van der Waals surface area (Å²) in [5, 5.41) is 0. The van der Waals surface area contributed by atoms with Crippen LogP contribution in [0.5, 0.6) is 0 Å². The molecule has 0 radical (unpaired) electrons. The van der Waals surface area contributed by atoms with Gasteiger partial charge in [0.05, 0.1) is 0 Å². The van der Waals surface area contributed by atoms with Gasteiger partial charge in [0.25, 0.3) is 0 Å². The number of hydrogen-bond acceptors (Lipinski definition) is 1. The van der Waals surface area contributed by atoms with E-state index in [4.69, 9.17) is 3.25 Å². The summed E-state index contributed by atoms with van der Waals surface area (Å²) in [5.41, 5.74) is 0. The van der Waals surface area contributed by atoms with Crippen molar-refractivity contribution in [1.29, 1.82) is 0 Å². The van der Waals surface area contributed by atoms with Crippen molar-refractivity contribution in [3.63, 3.8) is 0 Å². The monoisotopic (exact) mass is 211 g/mol.